The van der Waals surface area contributed by atoms with Crippen LogP contribution in [0.2, 0.25) is 0 Å². The molecule has 0 saturated carbocycles. The fourth-order valence-electron chi connectivity index (χ4n) is 3.64. The molecule has 7 nitrogen and oxygen atoms in total. The molecule has 3 aromatic heterocycles. The molecule has 1 N–H and O–H groups in total. The second kappa shape index (κ2) is 8.39. The summed E-state index contributed by atoms with van der Waals surface area (Å²) in [5.74, 6) is -0.105. The topological polar surface area (TPSA) is 77.6 Å². The van der Waals surface area contributed by atoms with Crippen LogP contribution in [0.4, 0.5) is 0 Å². The first kappa shape index (κ1) is 20.3. The SMILES string of the molecule is Cc1nn(CCNC(=O)Cn2nc(C)c3c(-c4ccccc4)ccnc32)c(C)c1Br. The Morgan fingerprint density at radius 2 is 1.77 bits per heavy atom. The first-order valence-corrected chi connectivity index (χ1v) is 10.6. The normalized spacial score (nSPS) is 11.2. The summed E-state index contributed by atoms with van der Waals surface area (Å²) in [5, 5.41) is 13.0. The number of nitrogens with one attached hydrogen (secondary N) is 1. The summed E-state index contributed by atoms with van der Waals surface area (Å²) in [4.78, 5) is 17.0. The Morgan fingerprint density at radius 3 is 2.47 bits per heavy atom. The van der Waals surface area contributed by atoms with Crippen molar-refractivity contribution < 1.29 is 4.79 Å². The minimum atomic E-state index is -0.105. The predicted octanol–water partition coefficient (Wildman–Crippen LogP) is 3.80. The van der Waals surface area contributed by atoms with Crippen LogP contribution in [0.5, 0.6) is 0 Å². The number of aromatic nitrogens is 5. The van der Waals surface area contributed by atoms with Gasteiger partial charge in [-0.25, -0.2) is 9.67 Å². The molecule has 4 rings (SSSR count). The van der Waals surface area contributed by atoms with Crippen molar-refractivity contribution in [3.05, 3.63) is 64.1 Å². The number of rotatable bonds is 6. The van der Waals surface area contributed by atoms with E-state index < -0.39 is 0 Å². The van der Waals surface area contributed by atoms with Crippen molar-refractivity contribution in [2.45, 2.75) is 33.9 Å². The van der Waals surface area contributed by atoms with Gasteiger partial charge in [-0.1, -0.05) is 30.3 Å². The maximum Gasteiger partial charge on any atom is 0.241 e. The molecule has 4 aromatic rings. The van der Waals surface area contributed by atoms with Gasteiger partial charge in [-0.3, -0.25) is 9.48 Å². The van der Waals surface area contributed by atoms with Crippen molar-refractivity contribution in [3.63, 3.8) is 0 Å². The molecule has 0 atom stereocenters. The highest BCUT2D eigenvalue weighted by atomic mass is 79.9. The summed E-state index contributed by atoms with van der Waals surface area (Å²) in [5.41, 5.74) is 5.74. The smallest absolute Gasteiger partial charge is 0.241 e. The van der Waals surface area contributed by atoms with Crippen LogP contribution in [-0.4, -0.2) is 37.0 Å². The number of carbonyl (C=O) groups excluding carboxylic acids is 1. The summed E-state index contributed by atoms with van der Waals surface area (Å²) in [7, 11) is 0. The fourth-order valence-corrected chi connectivity index (χ4v) is 3.92. The number of fused-ring (bicyclic) bond motifs is 1. The lowest BCUT2D eigenvalue weighted by Gasteiger charge is -2.08. The van der Waals surface area contributed by atoms with Crippen molar-refractivity contribution in [1.82, 2.24) is 29.9 Å². The van der Waals surface area contributed by atoms with E-state index in [1.807, 2.05) is 49.7 Å². The molecule has 0 fully saturated rings. The van der Waals surface area contributed by atoms with Gasteiger partial charge in [0.15, 0.2) is 5.65 Å². The Morgan fingerprint density at radius 1 is 1.03 bits per heavy atom. The molecule has 1 amide bonds. The van der Waals surface area contributed by atoms with Gasteiger partial charge in [0.2, 0.25) is 5.91 Å². The molecule has 3 heterocycles. The molecule has 0 aliphatic carbocycles. The third kappa shape index (κ3) is 3.87. The highest BCUT2D eigenvalue weighted by Gasteiger charge is 2.16. The van der Waals surface area contributed by atoms with Crippen molar-refractivity contribution in [3.8, 4) is 11.1 Å². The van der Waals surface area contributed by atoms with E-state index in [0.717, 1.165) is 38.1 Å². The van der Waals surface area contributed by atoms with Crippen LogP contribution in [0.1, 0.15) is 17.1 Å². The number of halogens is 1. The molecule has 0 aliphatic heterocycles. The van der Waals surface area contributed by atoms with E-state index in [-0.39, 0.29) is 12.5 Å². The molecule has 0 unspecified atom stereocenters. The monoisotopic (exact) mass is 466 g/mol. The van der Waals surface area contributed by atoms with Gasteiger partial charge in [0.1, 0.15) is 6.54 Å². The van der Waals surface area contributed by atoms with Crippen LogP contribution < -0.4 is 5.32 Å². The van der Waals surface area contributed by atoms with Crippen molar-refractivity contribution in [2.24, 2.45) is 0 Å². The van der Waals surface area contributed by atoms with Crippen molar-refractivity contribution in [2.75, 3.05) is 6.54 Å². The van der Waals surface area contributed by atoms with Gasteiger partial charge in [0, 0.05) is 23.8 Å². The zero-order chi connectivity index (χ0) is 21.3. The molecule has 0 aliphatic rings. The minimum Gasteiger partial charge on any atom is -0.353 e. The third-order valence-corrected chi connectivity index (χ3v) is 6.27. The Kier molecular flexibility index (Phi) is 5.67. The largest absolute Gasteiger partial charge is 0.353 e. The van der Waals surface area contributed by atoms with Gasteiger partial charge >= 0.3 is 0 Å². The van der Waals surface area contributed by atoms with Gasteiger partial charge in [0.05, 0.1) is 22.4 Å². The summed E-state index contributed by atoms with van der Waals surface area (Å²) >= 11 is 3.52. The quantitative estimate of drug-likeness (QED) is 0.468. The van der Waals surface area contributed by atoms with Gasteiger partial charge < -0.3 is 5.32 Å². The van der Waals surface area contributed by atoms with Crippen LogP contribution in [0.25, 0.3) is 22.2 Å². The van der Waals surface area contributed by atoms with E-state index in [9.17, 15) is 4.79 Å². The number of hydrogen-bond acceptors (Lipinski definition) is 4. The maximum absolute atomic E-state index is 12.5. The zero-order valence-electron chi connectivity index (χ0n) is 17.2. The number of hydrogen-bond donors (Lipinski definition) is 1. The van der Waals surface area contributed by atoms with Gasteiger partial charge in [-0.15, -0.1) is 0 Å². The summed E-state index contributed by atoms with van der Waals surface area (Å²) < 4.78 is 4.57. The van der Waals surface area contributed by atoms with Crippen LogP contribution >= 0.6 is 15.9 Å². The molecule has 0 bridgehead atoms. The van der Waals surface area contributed by atoms with Gasteiger partial charge in [0.25, 0.3) is 0 Å². The first-order valence-electron chi connectivity index (χ1n) is 9.79. The molecule has 8 heteroatoms. The van der Waals surface area contributed by atoms with Crippen LogP contribution in [0.3, 0.4) is 0 Å². The van der Waals surface area contributed by atoms with Crippen molar-refractivity contribution in [1.29, 1.82) is 0 Å². The van der Waals surface area contributed by atoms with Crippen LogP contribution in [0.15, 0.2) is 47.1 Å². The van der Waals surface area contributed by atoms with E-state index in [1.165, 1.54) is 0 Å². The minimum absolute atomic E-state index is 0.105. The molecule has 0 spiro atoms. The zero-order valence-corrected chi connectivity index (χ0v) is 18.8. The Labute approximate surface area is 183 Å². The Bertz CT molecular complexity index is 1210. The first-order chi connectivity index (χ1) is 14.5. The van der Waals surface area contributed by atoms with Crippen LogP contribution in [0, 0.1) is 20.8 Å². The summed E-state index contributed by atoms with van der Waals surface area (Å²) in [6, 6.07) is 12.1. The standard InChI is InChI=1S/C22H23BrN6O/c1-14-20-18(17-7-5-4-6-8-17)9-10-25-22(20)29(26-14)13-19(30)24-11-12-28-16(3)21(23)15(2)27-28/h4-10H,11-13H2,1-3H3,(H,24,30). The number of pyridine rings is 1. The van der Waals surface area contributed by atoms with E-state index in [1.54, 1.807) is 10.9 Å². The number of aryl methyl sites for hydroxylation is 2. The predicted molar refractivity (Wildman–Crippen MR) is 120 cm³/mol. The average Bonchev–Trinajstić information content (AvgIpc) is 3.19. The molecule has 1 aromatic carbocycles. The second-order valence-corrected chi connectivity index (χ2v) is 8.02. The van der Waals surface area contributed by atoms with Gasteiger partial charge in [-0.05, 0) is 53.9 Å². The van der Waals surface area contributed by atoms with Crippen LogP contribution in [-0.2, 0) is 17.9 Å². The third-order valence-electron chi connectivity index (χ3n) is 5.13. The average molecular weight is 467 g/mol. The number of amides is 1. The lowest BCUT2D eigenvalue weighted by molar-refractivity contribution is -0.121. The summed E-state index contributed by atoms with van der Waals surface area (Å²) in [6.07, 6.45) is 1.76. The molecule has 30 heavy (non-hydrogen) atoms. The Balaban J connectivity index is 1.49. The van der Waals surface area contributed by atoms with Crippen molar-refractivity contribution >= 4 is 32.9 Å². The highest BCUT2D eigenvalue weighted by Crippen LogP contribution is 2.29. The molecular weight excluding hydrogens is 444 g/mol. The van der Waals surface area contributed by atoms with E-state index in [4.69, 9.17) is 0 Å². The van der Waals surface area contributed by atoms with E-state index >= 15 is 0 Å². The second-order valence-electron chi connectivity index (χ2n) is 7.22. The van der Waals surface area contributed by atoms with Gasteiger partial charge in [-0.2, -0.15) is 10.2 Å². The lowest BCUT2D eigenvalue weighted by atomic mass is 10.0. The molecular formula is C22H23BrN6O. The molecule has 0 saturated heterocycles. The maximum atomic E-state index is 12.5. The highest BCUT2D eigenvalue weighted by molar-refractivity contribution is 9.10. The number of nitrogens with zero attached hydrogens (tertiary/aromatic N) is 5. The molecule has 154 valence electrons. The fraction of sp³-hybridized carbons (Fsp3) is 0.273. The lowest BCUT2D eigenvalue weighted by Crippen LogP contribution is -2.31. The number of carbonyl (C=O) groups is 1. The summed E-state index contributed by atoms with van der Waals surface area (Å²) in [6.45, 7) is 7.13. The Hall–Kier alpha value is -3.00. The van der Waals surface area contributed by atoms with E-state index in [2.05, 4.69) is 48.6 Å². The number of benzene rings is 1. The molecule has 0 radical (unpaired) electrons. The van der Waals surface area contributed by atoms with E-state index in [0.29, 0.717) is 18.7 Å².